The van der Waals surface area contributed by atoms with Gasteiger partial charge in [0.05, 0.1) is 4.90 Å². The number of aliphatic hydroxyl groups excluding tert-OH is 1. The van der Waals surface area contributed by atoms with Crippen LogP contribution in [0.15, 0.2) is 29.2 Å². The van der Waals surface area contributed by atoms with Crippen molar-refractivity contribution < 1.29 is 13.5 Å². The van der Waals surface area contributed by atoms with Crippen LogP contribution in [0.25, 0.3) is 0 Å². The van der Waals surface area contributed by atoms with E-state index in [9.17, 15) is 8.42 Å². The molecule has 0 aromatic heterocycles. The molecule has 0 bridgehead atoms. The predicted molar refractivity (Wildman–Crippen MR) is 80.0 cm³/mol. The zero-order valence-corrected chi connectivity index (χ0v) is 12.9. The normalized spacial score (nSPS) is 13.4. The molecule has 0 saturated heterocycles. The molecular weight excluding hydrogens is 282 g/mol. The Morgan fingerprint density at radius 3 is 2.47 bits per heavy atom. The largest absolute Gasteiger partial charge is 0.396 e. The summed E-state index contributed by atoms with van der Waals surface area (Å²) in [5, 5.41) is 8.75. The number of sulfonamides is 1. The molecule has 0 spiro atoms. The topological polar surface area (TPSA) is 66.4 Å². The van der Waals surface area contributed by atoms with Crippen LogP contribution in [0.1, 0.15) is 18.9 Å². The Morgan fingerprint density at radius 2 is 1.95 bits per heavy atom. The molecule has 1 rings (SSSR count). The molecule has 0 amide bonds. The molecule has 1 aromatic rings. The minimum absolute atomic E-state index is 0.0888. The smallest absolute Gasteiger partial charge is 0.240 e. The van der Waals surface area contributed by atoms with Crippen LogP contribution in [0, 0.1) is 0 Å². The van der Waals surface area contributed by atoms with Crippen LogP contribution in [-0.2, 0) is 16.4 Å². The first-order valence-corrected chi connectivity index (χ1v) is 9.08. The highest BCUT2D eigenvalue weighted by Gasteiger charge is 2.16. The van der Waals surface area contributed by atoms with Gasteiger partial charge in [0.15, 0.2) is 0 Å². The first kappa shape index (κ1) is 16.5. The molecular formula is C13H21NO3S2. The Hall–Kier alpha value is -0.560. The second-order valence-corrected chi connectivity index (χ2v) is 7.07. The Kier molecular flexibility index (Phi) is 6.85. The van der Waals surface area contributed by atoms with Crippen molar-refractivity contribution in [1.29, 1.82) is 0 Å². The SMILES string of the molecule is CSCC(C)NS(=O)(=O)c1ccc(CCCO)cc1. The minimum atomic E-state index is -3.43. The lowest BCUT2D eigenvalue weighted by molar-refractivity contribution is 0.288. The monoisotopic (exact) mass is 303 g/mol. The van der Waals surface area contributed by atoms with Gasteiger partial charge < -0.3 is 5.11 Å². The predicted octanol–water partition coefficient (Wildman–Crippen LogP) is 1.64. The molecule has 0 aliphatic carbocycles. The third kappa shape index (κ3) is 5.52. The van der Waals surface area contributed by atoms with E-state index in [0.717, 1.165) is 17.7 Å². The second kappa shape index (κ2) is 7.89. The summed E-state index contributed by atoms with van der Waals surface area (Å²) in [6.45, 7) is 2.00. The molecule has 2 N–H and O–H groups in total. The average Bonchev–Trinajstić information content (AvgIpc) is 2.36. The van der Waals surface area contributed by atoms with Gasteiger partial charge >= 0.3 is 0 Å². The van der Waals surface area contributed by atoms with Gasteiger partial charge in [-0.2, -0.15) is 11.8 Å². The van der Waals surface area contributed by atoms with Gasteiger partial charge in [0.25, 0.3) is 0 Å². The van der Waals surface area contributed by atoms with E-state index in [2.05, 4.69) is 4.72 Å². The van der Waals surface area contributed by atoms with Crippen molar-refractivity contribution in [3.05, 3.63) is 29.8 Å². The number of aryl methyl sites for hydroxylation is 1. The third-order valence-electron chi connectivity index (χ3n) is 2.63. The van der Waals surface area contributed by atoms with Crippen LogP contribution in [-0.4, -0.2) is 38.2 Å². The van der Waals surface area contributed by atoms with E-state index in [1.165, 1.54) is 0 Å². The maximum atomic E-state index is 12.1. The van der Waals surface area contributed by atoms with E-state index >= 15 is 0 Å². The zero-order valence-electron chi connectivity index (χ0n) is 11.3. The van der Waals surface area contributed by atoms with Gasteiger partial charge in [0, 0.05) is 18.4 Å². The summed E-state index contributed by atoms with van der Waals surface area (Å²) >= 11 is 1.61. The van der Waals surface area contributed by atoms with Gasteiger partial charge in [-0.3, -0.25) is 0 Å². The van der Waals surface area contributed by atoms with E-state index in [1.54, 1.807) is 36.0 Å². The van der Waals surface area contributed by atoms with E-state index in [-0.39, 0.29) is 17.5 Å². The molecule has 19 heavy (non-hydrogen) atoms. The van der Waals surface area contributed by atoms with Crippen LogP contribution in [0.4, 0.5) is 0 Å². The number of nitrogens with one attached hydrogen (secondary N) is 1. The van der Waals surface area contributed by atoms with Crippen molar-refractivity contribution in [2.45, 2.75) is 30.7 Å². The van der Waals surface area contributed by atoms with Crippen LogP contribution < -0.4 is 4.72 Å². The van der Waals surface area contributed by atoms with Gasteiger partial charge in [0.1, 0.15) is 0 Å². The second-order valence-electron chi connectivity index (χ2n) is 4.45. The van der Waals surface area contributed by atoms with Gasteiger partial charge in [-0.05, 0) is 43.7 Å². The molecule has 1 aromatic carbocycles. The molecule has 108 valence electrons. The maximum absolute atomic E-state index is 12.1. The molecule has 0 heterocycles. The fourth-order valence-electron chi connectivity index (χ4n) is 1.74. The van der Waals surface area contributed by atoms with Crippen molar-refractivity contribution in [2.75, 3.05) is 18.6 Å². The first-order valence-electron chi connectivity index (χ1n) is 6.20. The Balaban J connectivity index is 2.73. The fraction of sp³-hybridized carbons (Fsp3) is 0.538. The fourth-order valence-corrected chi connectivity index (χ4v) is 3.67. The molecule has 1 unspecified atom stereocenters. The van der Waals surface area contributed by atoms with Crippen molar-refractivity contribution in [3.63, 3.8) is 0 Å². The quantitative estimate of drug-likeness (QED) is 0.766. The van der Waals surface area contributed by atoms with Crippen LogP contribution in [0.3, 0.4) is 0 Å². The van der Waals surface area contributed by atoms with Crippen molar-refractivity contribution in [3.8, 4) is 0 Å². The highest BCUT2D eigenvalue weighted by Crippen LogP contribution is 2.13. The molecule has 0 saturated carbocycles. The zero-order chi connectivity index (χ0) is 14.3. The number of hydrogen-bond donors (Lipinski definition) is 2. The maximum Gasteiger partial charge on any atom is 0.240 e. The number of thioether (sulfide) groups is 1. The summed E-state index contributed by atoms with van der Waals surface area (Å²) < 4.78 is 26.8. The molecule has 6 heteroatoms. The Morgan fingerprint density at radius 1 is 1.32 bits per heavy atom. The van der Waals surface area contributed by atoms with E-state index in [4.69, 9.17) is 5.11 Å². The van der Waals surface area contributed by atoms with Crippen LogP contribution >= 0.6 is 11.8 Å². The van der Waals surface area contributed by atoms with E-state index < -0.39 is 10.0 Å². The van der Waals surface area contributed by atoms with E-state index in [1.807, 2.05) is 13.2 Å². The molecule has 0 radical (unpaired) electrons. The summed E-state index contributed by atoms with van der Waals surface area (Å²) in [6, 6.07) is 6.73. The molecule has 4 nitrogen and oxygen atoms in total. The number of benzene rings is 1. The van der Waals surface area contributed by atoms with Gasteiger partial charge in [0.2, 0.25) is 10.0 Å². The van der Waals surface area contributed by atoms with Gasteiger partial charge in [-0.25, -0.2) is 13.1 Å². The summed E-state index contributed by atoms with van der Waals surface area (Å²) in [4.78, 5) is 0.285. The molecule has 0 fully saturated rings. The number of rotatable bonds is 8. The number of aliphatic hydroxyl groups is 1. The Bertz CT molecular complexity index is 471. The van der Waals surface area contributed by atoms with Crippen molar-refractivity contribution in [2.24, 2.45) is 0 Å². The Labute approximate surface area is 119 Å². The molecule has 0 aliphatic rings. The molecule has 0 aliphatic heterocycles. The molecule has 1 atom stereocenters. The van der Waals surface area contributed by atoms with Crippen LogP contribution in [0.2, 0.25) is 0 Å². The standard InChI is InChI=1S/C13H21NO3S2/c1-11(10-18-2)14-19(16,17)13-7-5-12(6-8-13)4-3-9-15/h5-8,11,14-15H,3-4,9-10H2,1-2H3. The number of hydrogen-bond acceptors (Lipinski definition) is 4. The highest BCUT2D eigenvalue weighted by molar-refractivity contribution is 7.98. The highest BCUT2D eigenvalue weighted by atomic mass is 32.2. The van der Waals surface area contributed by atoms with Crippen molar-refractivity contribution in [1.82, 2.24) is 4.72 Å². The first-order chi connectivity index (χ1) is 8.99. The lowest BCUT2D eigenvalue weighted by Crippen LogP contribution is -2.34. The van der Waals surface area contributed by atoms with E-state index in [0.29, 0.717) is 6.42 Å². The summed E-state index contributed by atoms with van der Waals surface area (Å²) in [7, 11) is -3.43. The summed E-state index contributed by atoms with van der Waals surface area (Å²) in [5.74, 6) is 0.744. The summed E-state index contributed by atoms with van der Waals surface area (Å²) in [5.41, 5.74) is 1.03. The average molecular weight is 303 g/mol. The van der Waals surface area contributed by atoms with Gasteiger partial charge in [-0.15, -0.1) is 0 Å². The minimum Gasteiger partial charge on any atom is -0.396 e. The lowest BCUT2D eigenvalue weighted by Gasteiger charge is -2.13. The van der Waals surface area contributed by atoms with Crippen LogP contribution in [0.5, 0.6) is 0 Å². The summed E-state index contributed by atoms with van der Waals surface area (Å²) in [6.07, 6.45) is 3.39. The third-order valence-corrected chi connectivity index (χ3v) is 5.07. The lowest BCUT2D eigenvalue weighted by atomic mass is 10.1. The van der Waals surface area contributed by atoms with Gasteiger partial charge in [-0.1, -0.05) is 12.1 Å². The van der Waals surface area contributed by atoms with Crippen molar-refractivity contribution >= 4 is 21.8 Å².